The molecular formula is C16H26N2O. The van der Waals surface area contributed by atoms with Crippen molar-refractivity contribution in [1.29, 1.82) is 0 Å². The molecule has 0 aromatic heterocycles. The SMILES string of the molecule is CCOc1ccc(C(N(C)C)C2(CN)CC2)cc1C. The Morgan fingerprint density at radius 3 is 2.47 bits per heavy atom. The van der Waals surface area contributed by atoms with Gasteiger partial charge in [-0.1, -0.05) is 12.1 Å². The molecule has 1 saturated carbocycles. The van der Waals surface area contributed by atoms with E-state index < -0.39 is 0 Å². The molecule has 1 fully saturated rings. The summed E-state index contributed by atoms with van der Waals surface area (Å²) < 4.78 is 5.62. The monoisotopic (exact) mass is 262 g/mol. The molecule has 0 saturated heterocycles. The highest BCUT2D eigenvalue weighted by molar-refractivity contribution is 5.38. The van der Waals surface area contributed by atoms with Crippen LogP contribution < -0.4 is 10.5 Å². The first-order valence-electron chi connectivity index (χ1n) is 7.14. The first-order valence-corrected chi connectivity index (χ1v) is 7.14. The lowest BCUT2D eigenvalue weighted by atomic mass is 9.88. The summed E-state index contributed by atoms with van der Waals surface area (Å²) in [5.41, 5.74) is 8.85. The number of aryl methyl sites for hydroxylation is 1. The van der Waals surface area contributed by atoms with E-state index >= 15 is 0 Å². The van der Waals surface area contributed by atoms with Crippen LogP contribution >= 0.6 is 0 Å². The van der Waals surface area contributed by atoms with E-state index in [2.05, 4.69) is 44.1 Å². The van der Waals surface area contributed by atoms with Gasteiger partial charge in [-0.05, 0) is 64.5 Å². The Kier molecular flexibility index (Phi) is 4.16. The van der Waals surface area contributed by atoms with Crippen LogP contribution in [0.3, 0.4) is 0 Å². The van der Waals surface area contributed by atoms with Gasteiger partial charge in [-0.15, -0.1) is 0 Å². The highest BCUT2D eigenvalue weighted by Crippen LogP contribution is 2.56. The van der Waals surface area contributed by atoms with Crippen LogP contribution in [0.2, 0.25) is 0 Å². The second-order valence-electron chi connectivity index (χ2n) is 5.89. The zero-order valence-corrected chi connectivity index (χ0v) is 12.6. The van der Waals surface area contributed by atoms with Gasteiger partial charge in [-0.3, -0.25) is 0 Å². The van der Waals surface area contributed by atoms with E-state index in [4.69, 9.17) is 10.5 Å². The fourth-order valence-corrected chi connectivity index (χ4v) is 3.11. The number of ether oxygens (including phenoxy) is 1. The maximum Gasteiger partial charge on any atom is 0.122 e. The maximum atomic E-state index is 6.01. The summed E-state index contributed by atoms with van der Waals surface area (Å²) in [6, 6.07) is 6.95. The van der Waals surface area contributed by atoms with E-state index in [0.717, 1.165) is 12.3 Å². The van der Waals surface area contributed by atoms with Gasteiger partial charge in [0.15, 0.2) is 0 Å². The number of nitrogens with zero attached hydrogens (tertiary/aromatic N) is 1. The summed E-state index contributed by atoms with van der Waals surface area (Å²) in [7, 11) is 4.29. The van der Waals surface area contributed by atoms with Crippen LogP contribution in [-0.2, 0) is 0 Å². The van der Waals surface area contributed by atoms with Crippen LogP contribution in [0.4, 0.5) is 0 Å². The molecule has 3 nitrogen and oxygen atoms in total. The Balaban J connectivity index is 2.30. The minimum atomic E-state index is 0.281. The topological polar surface area (TPSA) is 38.5 Å². The van der Waals surface area contributed by atoms with Crippen molar-refractivity contribution < 1.29 is 4.74 Å². The van der Waals surface area contributed by atoms with Gasteiger partial charge in [0, 0.05) is 11.5 Å². The third kappa shape index (κ3) is 2.77. The zero-order chi connectivity index (χ0) is 14.0. The highest BCUT2D eigenvalue weighted by Gasteiger charge is 2.49. The molecule has 1 unspecified atom stereocenters. The molecule has 1 aromatic rings. The second kappa shape index (κ2) is 5.51. The number of rotatable bonds is 6. The van der Waals surface area contributed by atoms with Crippen molar-refractivity contribution in [3.63, 3.8) is 0 Å². The van der Waals surface area contributed by atoms with Crippen molar-refractivity contribution in [2.24, 2.45) is 11.1 Å². The van der Waals surface area contributed by atoms with Gasteiger partial charge in [-0.25, -0.2) is 0 Å². The van der Waals surface area contributed by atoms with Crippen LogP contribution in [0, 0.1) is 12.3 Å². The van der Waals surface area contributed by atoms with E-state index in [9.17, 15) is 0 Å². The molecule has 19 heavy (non-hydrogen) atoms. The normalized spacial score (nSPS) is 18.4. The lowest BCUT2D eigenvalue weighted by Crippen LogP contribution is -2.33. The van der Waals surface area contributed by atoms with Gasteiger partial charge in [0.05, 0.1) is 6.61 Å². The minimum Gasteiger partial charge on any atom is -0.494 e. The Labute approximate surface area is 116 Å². The molecular weight excluding hydrogens is 236 g/mol. The van der Waals surface area contributed by atoms with Crippen molar-refractivity contribution in [3.05, 3.63) is 29.3 Å². The Hall–Kier alpha value is -1.06. The number of hydrogen-bond acceptors (Lipinski definition) is 3. The summed E-state index contributed by atoms with van der Waals surface area (Å²) in [5, 5.41) is 0. The molecule has 0 bridgehead atoms. The standard InChI is InChI=1S/C16H26N2O/c1-5-19-14-7-6-13(10-12(14)2)15(18(3)4)16(11-17)8-9-16/h6-7,10,15H,5,8-9,11,17H2,1-4H3. The zero-order valence-electron chi connectivity index (χ0n) is 12.6. The van der Waals surface area contributed by atoms with E-state index in [1.54, 1.807) is 0 Å². The Morgan fingerprint density at radius 2 is 2.05 bits per heavy atom. The molecule has 0 radical (unpaired) electrons. The molecule has 1 aromatic carbocycles. The van der Waals surface area contributed by atoms with Crippen molar-refractivity contribution in [3.8, 4) is 5.75 Å². The van der Waals surface area contributed by atoms with Crippen LogP contribution in [-0.4, -0.2) is 32.1 Å². The Bertz CT molecular complexity index is 438. The lowest BCUT2D eigenvalue weighted by Gasteiger charge is -2.32. The summed E-state index contributed by atoms with van der Waals surface area (Å²) in [5.74, 6) is 0.987. The van der Waals surface area contributed by atoms with Crippen molar-refractivity contribution >= 4 is 0 Å². The largest absolute Gasteiger partial charge is 0.494 e. The van der Waals surface area contributed by atoms with Gasteiger partial charge in [0.2, 0.25) is 0 Å². The summed E-state index contributed by atoms with van der Waals surface area (Å²) in [6.07, 6.45) is 2.47. The maximum absolute atomic E-state index is 6.01. The minimum absolute atomic E-state index is 0.281. The first-order chi connectivity index (χ1) is 9.04. The summed E-state index contributed by atoms with van der Waals surface area (Å²) in [4.78, 5) is 2.30. The van der Waals surface area contributed by atoms with Crippen molar-refractivity contribution in [2.75, 3.05) is 27.2 Å². The highest BCUT2D eigenvalue weighted by atomic mass is 16.5. The van der Waals surface area contributed by atoms with Gasteiger partial charge in [0.25, 0.3) is 0 Å². The summed E-state index contributed by atoms with van der Waals surface area (Å²) >= 11 is 0. The molecule has 1 aliphatic carbocycles. The summed E-state index contributed by atoms with van der Waals surface area (Å²) in [6.45, 7) is 5.61. The van der Waals surface area contributed by atoms with Gasteiger partial charge < -0.3 is 15.4 Å². The lowest BCUT2D eigenvalue weighted by molar-refractivity contribution is 0.198. The fraction of sp³-hybridized carbons (Fsp3) is 0.625. The predicted octanol–water partition coefficient (Wildman–Crippen LogP) is 2.74. The number of hydrogen-bond donors (Lipinski definition) is 1. The number of nitrogens with two attached hydrogens (primary N) is 1. The molecule has 2 rings (SSSR count). The van der Waals surface area contributed by atoms with Gasteiger partial charge >= 0.3 is 0 Å². The van der Waals surface area contributed by atoms with E-state index in [0.29, 0.717) is 12.6 Å². The Morgan fingerprint density at radius 1 is 1.37 bits per heavy atom. The van der Waals surface area contributed by atoms with Gasteiger partial charge in [0.1, 0.15) is 5.75 Å². The smallest absolute Gasteiger partial charge is 0.122 e. The van der Waals surface area contributed by atoms with E-state index in [1.165, 1.54) is 24.0 Å². The van der Waals surface area contributed by atoms with E-state index in [1.807, 2.05) is 6.92 Å². The van der Waals surface area contributed by atoms with Crippen molar-refractivity contribution in [1.82, 2.24) is 4.90 Å². The van der Waals surface area contributed by atoms with Crippen molar-refractivity contribution in [2.45, 2.75) is 32.7 Å². The first kappa shape index (κ1) is 14.4. The number of benzene rings is 1. The molecule has 0 spiro atoms. The molecule has 2 N–H and O–H groups in total. The third-order valence-corrected chi connectivity index (χ3v) is 4.21. The van der Waals surface area contributed by atoms with Crippen LogP contribution in [0.25, 0.3) is 0 Å². The molecule has 0 aliphatic heterocycles. The molecule has 0 heterocycles. The molecule has 106 valence electrons. The average Bonchev–Trinajstić information content (AvgIpc) is 3.13. The fourth-order valence-electron chi connectivity index (χ4n) is 3.11. The molecule has 0 amide bonds. The van der Waals surface area contributed by atoms with E-state index in [-0.39, 0.29) is 5.41 Å². The van der Waals surface area contributed by atoms with Crippen LogP contribution in [0.5, 0.6) is 5.75 Å². The molecule has 1 atom stereocenters. The van der Waals surface area contributed by atoms with Crippen LogP contribution in [0.15, 0.2) is 18.2 Å². The van der Waals surface area contributed by atoms with Gasteiger partial charge in [-0.2, -0.15) is 0 Å². The quantitative estimate of drug-likeness (QED) is 0.856. The predicted molar refractivity (Wildman–Crippen MR) is 79.5 cm³/mol. The third-order valence-electron chi connectivity index (χ3n) is 4.21. The molecule has 3 heteroatoms. The van der Waals surface area contributed by atoms with Crippen LogP contribution in [0.1, 0.15) is 36.9 Å². The second-order valence-corrected chi connectivity index (χ2v) is 5.89. The molecule has 1 aliphatic rings. The average molecular weight is 262 g/mol.